The van der Waals surface area contributed by atoms with Crippen LogP contribution < -0.4 is 9.21 Å². The Labute approximate surface area is 209 Å². The van der Waals surface area contributed by atoms with Crippen molar-refractivity contribution in [1.82, 2.24) is 4.98 Å². The molecule has 5 rings (SSSR count). The monoisotopic (exact) mass is 497 g/mol. The Hall–Kier alpha value is -4.43. The van der Waals surface area contributed by atoms with Crippen LogP contribution in [0, 0.1) is 0 Å². The van der Waals surface area contributed by atoms with Gasteiger partial charge in [0.1, 0.15) is 5.52 Å². The number of rotatable bonds is 7. The Morgan fingerprint density at radius 3 is 2.22 bits per heavy atom. The third-order valence-corrected chi connectivity index (χ3v) is 7.53. The Kier molecular flexibility index (Phi) is 6.26. The molecule has 0 saturated heterocycles. The Morgan fingerprint density at radius 1 is 0.833 bits per heavy atom. The molecule has 1 amide bonds. The van der Waals surface area contributed by atoms with Crippen LogP contribution in [0.4, 0.5) is 11.7 Å². The number of fused-ring (bicyclic) bond motifs is 1. The van der Waals surface area contributed by atoms with E-state index in [1.165, 1.54) is 21.3 Å². The minimum Gasteiger partial charge on any atom is -0.423 e. The lowest BCUT2D eigenvalue weighted by Crippen LogP contribution is -2.31. The van der Waals surface area contributed by atoms with Gasteiger partial charge in [-0.25, -0.2) is 8.42 Å². The second-order valence-electron chi connectivity index (χ2n) is 8.19. The molecular weight excluding hydrogens is 474 g/mol. The van der Waals surface area contributed by atoms with Gasteiger partial charge in [-0.15, -0.1) is 0 Å². The van der Waals surface area contributed by atoms with Crippen LogP contribution in [0.15, 0.2) is 119 Å². The van der Waals surface area contributed by atoms with Gasteiger partial charge in [-0.3, -0.25) is 14.0 Å². The summed E-state index contributed by atoms with van der Waals surface area (Å²) in [5, 5.41) is 0. The highest BCUT2D eigenvalue weighted by atomic mass is 32.2. The molecule has 0 fully saturated rings. The number of nitrogens with zero attached hydrogens (tertiary/aromatic N) is 3. The van der Waals surface area contributed by atoms with Crippen molar-refractivity contribution in [3.63, 3.8) is 0 Å². The maximum absolute atomic E-state index is 13.8. The van der Waals surface area contributed by atoms with Crippen molar-refractivity contribution in [2.75, 3.05) is 16.3 Å². The third kappa shape index (κ3) is 4.58. The van der Waals surface area contributed by atoms with Gasteiger partial charge in [-0.1, -0.05) is 66.7 Å². The highest BCUT2D eigenvalue weighted by Crippen LogP contribution is 2.27. The molecule has 0 unspecified atom stereocenters. The molecule has 1 heterocycles. The van der Waals surface area contributed by atoms with Gasteiger partial charge in [0.15, 0.2) is 5.58 Å². The molecule has 180 valence electrons. The van der Waals surface area contributed by atoms with E-state index >= 15 is 0 Å². The molecule has 7 nitrogen and oxygen atoms in total. The van der Waals surface area contributed by atoms with Crippen molar-refractivity contribution in [1.29, 1.82) is 0 Å². The van der Waals surface area contributed by atoms with Crippen molar-refractivity contribution in [2.24, 2.45) is 0 Å². The number of amides is 1. The van der Waals surface area contributed by atoms with E-state index in [9.17, 15) is 13.2 Å². The van der Waals surface area contributed by atoms with Crippen LogP contribution in [0.2, 0.25) is 0 Å². The van der Waals surface area contributed by atoms with Gasteiger partial charge in [0.2, 0.25) is 0 Å². The number of anilines is 2. The largest absolute Gasteiger partial charge is 0.423 e. The molecule has 0 aliphatic heterocycles. The second kappa shape index (κ2) is 9.67. The lowest BCUT2D eigenvalue weighted by atomic mass is 10.2. The van der Waals surface area contributed by atoms with E-state index in [0.29, 0.717) is 16.8 Å². The number of carbonyl (C=O) groups excluding carboxylic acids is 1. The van der Waals surface area contributed by atoms with E-state index in [4.69, 9.17) is 4.42 Å². The summed E-state index contributed by atoms with van der Waals surface area (Å²) in [5.74, 6) is -0.437. The number of sulfonamides is 1. The van der Waals surface area contributed by atoms with E-state index in [0.717, 1.165) is 5.56 Å². The van der Waals surface area contributed by atoms with Crippen molar-refractivity contribution < 1.29 is 17.6 Å². The summed E-state index contributed by atoms with van der Waals surface area (Å²) in [7, 11) is -2.45. The first-order valence-electron chi connectivity index (χ1n) is 11.3. The zero-order valence-corrected chi connectivity index (χ0v) is 20.3. The van der Waals surface area contributed by atoms with Gasteiger partial charge in [0.05, 0.1) is 17.1 Å². The lowest BCUT2D eigenvalue weighted by Gasteiger charge is -2.25. The smallest absolute Gasteiger partial charge is 0.305 e. The van der Waals surface area contributed by atoms with E-state index in [-0.39, 0.29) is 23.0 Å². The quantitative estimate of drug-likeness (QED) is 0.296. The Morgan fingerprint density at radius 2 is 1.50 bits per heavy atom. The fraction of sp³-hybridized carbons (Fsp3) is 0.0714. The van der Waals surface area contributed by atoms with Gasteiger partial charge in [0.25, 0.3) is 15.9 Å². The molecule has 5 aromatic rings. The van der Waals surface area contributed by atoms with E-state index in [2.05, 4.69) is 4.98 Å². The molecule has 4 aromatic carbocycles. The standard InChI is InChI=1S/C28H23N3O4S/c1-30(28-29-25-17-8-9-18-26(25)35-28)27(32)22-13-10-16-24(19-22)36(33,34)31(23-14-6-3-7-15-23)20-21-11-4-2-5-12-21/h2-19H,20H2,1H3. The lowest BCUT2D eigenvalue weighted by molar-refractivity contribution is 0.0988. The summed E-state index contributed by atoms with van der Waals surface area (Å²) in [6.45, 7) is 0.147. The zero-order chi connectivity index (χ0) is 25.1. The van der Waals surface area contributed by atoms with Crippen LogP contribution in [0.1, 0.15) is 15.9 Å². The first-order valence-corrected chi connectivity index (χ1v) is 12.7. The number of oxazole rings is 1. The number of para-hydroxylation sites is 3. The maximum atomic E-state index is 13.8. The Bertz CT molecular complexity index is 1580. The number of hydrogen-bond donors (Lipinski definition) is 0. The van der Waals surface area contributed by atoms with Crippen LogP contribution in [0.25, 0.3) is 11.1 Å². The fourth-order valence-electron chi connectivity index (χ4n) is 3.86. The highest BCUT2D eigenvalue weighted by Gasteiger charge is 2.27. The maximum Gasteiger partial charge on any atom is 0.305 e. The zero-order valence-electron chi connectivity index (χ0n) is 19.5. The summed E-state index contributed by atoms with van der Waals surface area (Å²) < 4.78 is 34.7. The molecular formula is C28H23N3O4S. The average Bonchev–Trinajstić information content (AvgIpc) is 3.36. The minimum atomic E-state index is -4.00. The van der Waals surface area contributed by atoms with E-state index < -0.39 is 15.9 Å². The summed E-state index contributed by atoms with van der Waals surface area (Å²) >= 11 is 0. The molecule has 0 bridgehead atoms. The SMILES string of the molecule is CN(C(=O)c1cccc(S(=O)(=O)N(Cc2ccccc2)c2ccccc2)c1)c1nc2ccccc2o1. The topological polar surface area (TPSA) is 83.7 Å². The van der Waals surface area contributed by atoms with E-state index in [1.807, 2.05) is 48.5 Å². The highest BCUT2D eigenvalue weighted by molar-refractivity contribution is 7.92. The van der Waals surface area contributed by atoms with Crippen LogP contribution in [-0.2, 0) is 16.6 Å². The van der Waals surface area contributed by atoms with Crippen molar-refractivity contribution in [3.8, 4) is 0 Å². The summed E-state index contributed by atoms with van der Waals surface area (Å²) in [5.41, 5.74) is 2.76. The normalized spacial score (nSPS) is 11.4. The first-order chi connectivity index (χ1) is 17.4. The number of carbonyl (C=O) groups is 1. The number of aromatic nitrogens is 1. The van der Waals surface area contributed by atoms with Crippen LogP contribution in [0.5, 0.6) is 0 Å². The van der Waals surface area contributed by atoms with Crippen molar-refractivity contribution in [3.05, 3.63) is 120 Å². The number of hydrogen-bond acceptors (Lipinski definition) is 5. The van der Waals surface area contributed by atoms with Crippen molar-refractivity contribution >= 4 is 38.7 Å². The molecule has 8 heteroatoms. The molecule has 0 aliphatic carbocycles. The van der Waals surface area contributed by atoms with Gasteiger partial charge in [0, 0.05) is 12.6 Å². The van der Waals surface area contributed by atoms with E-state index in [1.54, 1.807) is 55.6 Å². The number of benzene rings is 4. The van der Waals surface area contributed by atoms with Crippen LogP contribution in [-0.4, -0.2) is 26.4 Å². The summed E-state index contributed by atoms with van der Waals surface area (Å²) in [6, 6.07) is 31.6. The fourth-order valence-corrected chi connectivity index (χ4v) is 5.36. The molecule has 0 saturated carbocycles. The molecule has 36 heavy (non-hydrogen) atoms. The van der Waals surface area contributed by atoms with Crippen LogP contribution in [0.3, 0.4) is 0 Å². The van der Waals surface area contributed by atoms with Gasteiger partial charge in [-0.05, 0) is 48.0 Å². The summed E-state index contributed by atoms with van der Waals surface area (Å²) in [6.07, 6.45) is 0. The molecule has 1 aromatic heterocycles. The minimum absolute atomic E-state index is 0.0131. The van der Waals surface area contributed by atoms with Crippen molar-refractivity contribution in [2.45, 2.75) is 11.4 Å². The molecule has 0 radical (unpaired) electrons. The molecule has 0 aliphatic rings. The molecule has 0 N–H and O–H groups in total. The molecule has 0 atom stereocenters. The van der Waals surface area contributed by atoms with Gasteiger partial charge >= 0.3 is 6.01 Å². The van der Waals surface area contributed by atoms with Gasteiger partial charge < -0.3 is 4.42 Å². The Balaban J connectivity index is 1.49. The van der Waals surface area contributed by atoms with Gasteiger partial charge in [-0.2, -0.15) is 4.98 Å². The predicted molar refractivity (Wildman–Crippen MR) is 139 cm³/mol. The predicted octanol–water partition coefficient (Wildman–Crippen LogP) is 5.50. The van der Waals surface area contributed by atoms with Crippen LogP contribution >= 0.6 is 0 Å². The molecule has 0 spiro atoms. The first kappa shape index (κ1) is 23.3. The second-order valence-corrected chi connectivity index (χ2v) is 10.1. The summed E-state index contributed by atoms with van der Waals surface area (Å²) in [4.78, 5) is 18.9. The average molecular weight is 498 g/mol. The third-order valence-electron chi connectivity index (χ3n) is 5.76.